The van der Waals surface area contributed by atoms with Gasteiger partial charge < -0.3 is 4.42 Å². The lowest BCUT2D eigenvalue weighted by atomic mass is 10.2. The van der Waals surface area contributed by atoms with Crippen LogP contribution in [0, 0.1) is 0 Å². The topological polar surface area (TPSA) is 80.4 Å². The summed E-state index contributed by atoms with van der Waals surface area (Å²) in [7, 11) is 0. The lowest BCUT2D eigenvalue weighted by Gasteiger charge is -1.93. The van der Waals surface area contributed by atoms with Crippen LogP contribution in [0.25, 0.3) is 17.5 Å². The highest BCUT2D eigenvalue weighted by Gasteiger charge is 2.14. The first-order chi connectivity index (χ1) is 11.8. The van der Waals surface area contributed by atoms with E-state index < -0.39 is 5.91 Å². The van der Waals surface area contributed by atoms with Gasteiger partial charge in [-0.05, 0) is 23.8 Å². The molecule has 0 spiro atoms. The van der Waals surface area contributed by atoms with Gasteiger partial charge in [0.05, 0.1) is 0 Å². The van der Waals surface area contributed by atoms with E-state index in [0.717, 1.165) is 11.1 Å². The number of amides is 1. The van der Waals surface area contributed by atoms with Crippen LogP contribution in [0.5, 0.6) is 0 Å². The lowest BCUT2D eigenvalue weighted by molar-refractivity contribution is 0.0921. The van der Waals surface area contributed by atoms with Crippen LogP contribution in [0.15, 0.2) is 76.3 Å². The Morgan fingerprint density at radius 1 is 1.00 bits per heavy atom. The van der Waals surface area contributed by atoms with E-state index in [0.29, 0.717) is 0 Å². The van der Waals surface area contributed by atoms with Gasteiger partial charge in [-0.15, -0.1) is 10.2 Å². The van der Waals surface area contributed by atoms with Crippen LogP contribution in [0.2, 0.25) is 0 Å². The number of nitrogens with one attached hydrogen (secondary N) is 1. The van der Waals surface area contributed by atoms with Crippen molar-refractivity contribution in [3.8, 4) is 11.5 Å². The number of allylic oxidation sites excluding steroid dienone is 1. The van der Waals surface area contributed by atoms with Gasteiger partial charge in [0.25, 0.3) is 0 Å². The zero-order valence-electron chi connectivity index (χ0n) is 12.7. The van der Waals surface area contributed by atoms with Crippen molar-refractivity contribution in [1.29, 1.82) is 0 Å². The van der Waals surface area contributed by atoms with E-state index in [-0.39, 0.29) is 11.8 Å². The van der Waals surface area contributed by atoms with E-state index >= 15 is 0 Å². The summed E-state index contributed by atoms with van der Waals surface area (Å²) >= 11 is 0. The largest absolute Gasteiger partial charge is 0.412 e. The molecule has 0 aliphatic carbocycles. The van der Waals surface area contributed by atoms with E-state index in [1.807, 2.05) is 66.7 Å². The number of benzene rings is 2. The van der Waals surface area contributed by atoms with Gasteiger partial charge in [0, 0.05) is 11.8 Å². The number of nitrogens with zero attached hydrogens (tertiary/aromatic N) is 3. The van der Waals surface area contributed by atoms with E-state index in [9.17, 15) is 4.79 Å². The predicted molar refractivity (Wildman–Crippen MR) is 91.2 cm³/mol. The van der Waals surface area contributed by atoms with Crippen LogP contribution in [-0.2, 0) is 0 Å². The van der Waals surface area contributed by atoms with Crippen LogP contribution < -0.4 is 5.43 Å². The van der Waals surface area contributed by atoms with Gasteiger partial charge in [-0.1, -0.05) is 54.6 Å². The van der Waals surface area contributed by atoms with Crippen molar-refractivity contribution in [2.75, 3.05) is 0 Å². The van der Waals surface area contributed by atoms with Crippen LogP contribution in [0.4, 0.5) is 0 Å². The van der Waals surface area contributed by atoms with Gasteiger partial charge >= 0.3 is 11.8 Å². The fourth-order valence-electron chi connectivity index (χ4n) is 1.92. The summed E-state index contributed by atoms with van der Waals surface area (Å²) < 4.78 is 5.33. The normalized spacial score (nSPS) is 11.2. The minimum atomic E-state index is -0.561. The molecular weight excluding hydrogens is 304 g/mol. The molecule has 2 aromatic carbocycles. The van der Waals surface area contributed by atoms with Crippen molar-refractivity contribution >= 4 is 18.2 Å². The summed E-state index contributed by atoms with van der Waals surface area (Å²) in [6.07, 6.45) is 5.06. The molecule has 0 saturated carbocycles. The van der Waals surface area contributed by atoms with E-state index in [2.05, 4.69) is 20.7 Å². The van der Waals surface area contributed by atoms with Gasteiger partial charge in [-0.25, -0.2) is 5.43 Å². The van der Waals surface area contributed by atoms with Crippen molar-refractivity contribution in [2.45, 2.75) is 0 Å². The van der Waals surface area contributed by atoms with Crippen molar-refractivity contribution in [2.24, 2.45) is 5.10 Å². The molecule has 3 aromatic rings. The molecule has 24 heavy (non-hydrogen) atoms. The third-order valence-corrected chi connectivity index (χ3v) is 3.05. The zero-order valence-corrected chi connectivity index (χ0v) is 12.7. The Labute approximate surface area is 138 Å². The van der Waals surface area contributed by atoms with Gasteiger partial charge in [0.2, 0.25) is 5.89 Å². The molecule has 1 amide bonds. The number of carbonyl (C=O) groups is 1. The van der Waals surface area contributed by atoms with Gasteiger partial charge in [-0.2, -0.15) is 5.10 Å². The zero-order chi connectivity index (χ0) is 16.6. The summed E-state index contributed by atoms with van der Waals surface area (Å²) in [6, 6.07) is 19.0. The summed E-state index contributed by atoms with van der Waals surface area (Å²) in [6.45, 7) is 0. The number of hydrogen-bond donors (Lipinski definition) is 1. The Morgan fingerprint density at radius 3 is 2.46 bits per heavy atom. The first-order valence-corrected chi connectivity index (χ1v) is 7.27. The maximum atomic E-state index is 11.9. The number of hydrogen-bond acceptors (Lipinski definition) is 5. The lowest BCUT2D eigenvalue weighted by Crippen LogP contribution is -2.17. The standard InChI is InChI=1S/C18H14N4O2/c23-16(20-19-13-7-10-14-8-3-1-4-9-14)18-22-21-17(24-18)15-11-5-2-6-12-15/h1-13H,(H,20,23)/b10-7-,19-13?. The first-order valence-electron chi connectivity index (χ1n) is 7.27. The second-order valence-corrected chi connectivity index (χ2v) is 4.77. The van der Waals surface area contributed by atoms with Crippen LogP contribution in [-0.4, -0.2) is 22.3 Å². The fraction of sp³-hybridized carbons (Fsp3) is 0. The highest BCUT2D eigenvalue weighted by molar-refractivity contribution is 5.90. The Hall–Kier alpha value is -3.54. The second-order valence-electron chi connectivity index (χ2n) is 4.77. The maximum Gasteiger partial charge on any atom is 0.328 e. The maximum absolute atomic E-state index is 11.9. The number of carbonyl (C=O) groups excluding carboxylic acids is 1. The summed E-state index contributed by atoms with van der Waals surface area (Å²) in [4.78, 5) is 11.9. The predicted octanol–water partition coefficient (Wildman–Crippen LogP) is 3.17. The van der Waals surface area contributed by atoms with Crippen molar-refractivity contribution in [3.05, 3.63) is 78.2 Å². The summed E-state index contributed by atoms with van der Waals surface area (Å²) in [5, 5.41) is 11.4. The molecule has 0 unspecified atom stereocenters. The second kappa shape index (κ2) is 7.64. The van der Waals surface area contributed by atoms with Crippen LogP contribution in [0.3, 0.4) is 0 Å². The average molecular weight is 318 g/mol. The van der Waals surface area contributed by atoms with Crippen LogP contribution in [0.1, 0.15) is 16.2 Å². The third-order valence-electron chi connectivity index (χ3n) is 3.05. The van der Waals surface area contributed by atoms with E-state index in [4.69, 9.17) is 4.42 Å². The monoisotopic (exact) mass is 318 g/mol. The highest BCUT2D eigenvalue weighted by atomic mass is 16.4. The number of aromatic nitrogens is 2. The van der Waals surface area contributed by atoms with Gasteiger partial charge in [0.15, 0.2) is 0 Å². The minimum Gasteiger partial charge on any atom is -0.412 e. The summed E-state index contributed by atoms with van der Waals surface area (Å²) in [5.41, 5.74) is 4.12. The molecule has 1 heterocycles. The molecule has 0 atom stereocenters. The van der Waals surface area contributed by atoms with Crippen molar-refractivity contribution < 1.29 is 9.21 Å². The van der Waals surface area contributed by atoms with E-state index in [1.165, 1.54) is 6.21 Å². The van der Waals surface area contributed by atoms with E-state index in [1.54, 1.807) is 6.08 Å². The molecule has 1 aromatic heterocycles. The molecule has 0 aliphatic heterocycles. The molecule has 1 N–H and O–H groups in total. The first kappa shape index (κ1) is 15.4. The molecule has 6 heteroatoms. The average Bonchev–Trinajstić information content (AvgIpc) is 3.13. The molecule has 0 fully saturated rings. The Bertz CT molecular complexity index is 855. The molecule has 3 rings (SSSR count). The molecule has 0 saturated heterocycles. The molecule has 6 nitrogen and oxygen atoms in total. The van der Waals surface area contributed by atoms with Crippen molar-refractivity contribution in [1.82, 2.24) is 15.6 Å². The van der Waals surface area contributed by atoms with Crippen LogP contribution >= 0.6 is 0 Å². The smallest absolute Gasteiger partial charge is 0.328 e. The SMILES string of the molecule is O=C(NN=C/C=C\c1ccccc1)c1nnc(-c2ccccc2)o1. The van der Waals surface area contributed by atoms with Gasteiger partial charge in [0.1, 0.15) is 0 Å². The molecule has 0 aliphatic rings. The molecule has 118 valence electrons. The number of hydrazone groups is 1. The Balaban J connectivity index is 1.57. The van der Waals surface area contributed by atoms with Crippen molar-refractivity contribution in [3.63, 3.8) is 0 Å². The Morgan fingerprint density at radius 2 is 1.71 bits per heavy atom. The van der Waals surface area contributed by atoms with Gasteiger partial charge in [-0.3, -0.25) is 4.79 Å². The molecule has 0 radical (unpaired) electrons. The minimum absolute atomic E-state index is 0.141. The highest BCUT2D eigenvalue weighted by Crippen LogP contribution is 2.16. The summed E-state index contributed by atoms with van der Waals surface area (Å²) in [5.74, 6) is -0.416. The fourth-order valence-corrected chi connectivity index (χ4v) is 1.92. The third kappa shape index (κ3) is 4.01. The quantitative estimate of drug-likeness (QED) is 0.579. The Kier molecular flexibility index (Phi) is 4.89. The molecule has 0 bridgehead atoms. The number of rotatable bonds is 5. The molecular formula is C18H14N4O2.